The van der Waals surface area contributed by atoms with Gasteiger partial charge in [-0.3, -0.25) is 4.79 Å². The zero-order valence-corrected chi connectivity index (χ0v) is 18.1. The number of sulfonamides is 1. The summed E-state index contributed by atoms with van der Waals surface area (Å²) in [4.78, 5) is 12.7. The molecule has 0 fully saturated rings. The highest BCUT2D eigenvalue weighted by Crippen LogP contribution is 2.30. The molecule has 0 spiro atoms. The molecule has 8 nitrogen and oxygen atoms in total. The van der Waals surface area contributed by atoms with Crippen LogP contribution in [0.3, 0.4) is 0 Å². The van der Waals surface area contributed by atoms with Gasteiger partial charge in [-0.25, -0.2) is 13.1 Å². The maximum Gasteiger partial charge on any atom is 0.255 e. The Balaban J connectivity index is 1.72. The zero-order valence-electron chi connectivity index (χ0n) is 17.3. The van der Waals surface area contributed by atoms with Gasteiger partial charge in [0, 0.05) is 11.6 Å². The third-order valence-electron chi connectivity index (χ3n) is 4.25. The molecular weight excluding hydrogens is 420 g/mol. The summed E-state index contributed by atoms with van der Waals surface area (Å²) in [6.45, 7) is 4.68. The fourth-order valence-corrected chi connectivity index (χ4v) is 3.78. The second-order valence-corrected chi connectivity index (χ2v) is 8.17. The number of carbonyl (C=O) groups excluding carboxylic acids is 1. The minimum absolute atomic E-state index is 0.0357. The summed E-state index contributed by atoms with van der Waals surface area (Å²) >= 11 is 0. The Morgan fingerprint density at radius 3 is 2.39 bits per heavy atom. The van der Waals surface area contributed by atoms with Gasteiger partial charge in [0.2, 0.25) is 10.0 Å². The number of benzene rings is 2. The summed E-state index contributed by atoms with van der Waals surface area (Å²) in [5.41, 5.74) is 0.767. The average Bonchev–Trinajstić information content (AvgIpc) is 3.28. The molecule has 0 aliphatic rings. The third-order valence-corrected chi connectivity index (χ3v) is 5.67. The predicted octanol–water partition coefficient (Wildman–Crippen LogP) is 3.81. The number of hydrogen-bond donors (Lipinski definition) is 2. The van der Waals surface area contributed by atoms with Gasteiger partial charge in [0.25, 0.3) is 5.91 Å². The summed E-state index contributed by atoms with van der Waals surface area (Å²) in [5, 5.41) is 2.79. The molecule has 1 aromatic heterocycles. The molecule has 0 atom stereocenters. The predicted molar refractivity (Wildman–Crippen MR) is 116 cm³/mol. The molecule has 0 aliphatic carbocycles. The second kappa shape index (κ2) is 10.1. The smallest absolute Gasteiger partial charge is 0.255 e. The molecule has 9 heteroatoms. The number of carbonyl (C=O) groups is 1. The van der Waals surface area contributed by atoms with E-state index in [4.69, 9.17) is 13.9 Å². The SMILES string of the molecule is CCOc1ccc(OCC)c(NC(=O)c2ccc(S(=O)(=O)NCc3ccco3)cc2)c1. The van der Waals surface area contributed by atoms with Gasteiger partial charge in [-0.15, -0.1) is 0 Å². The van der Waals surface area contributed by atoms with Crippen LogP contribution in [0, 0.1) is 0 Å². The number of nitrogens with one attached hydrogen (secondary N) is 2. The third kappa shape index (κ3) is 5.87. The van der Waals surface area contributed by atoms with Gasteiger partial charge in [0.1, 0.15) is 17.3 Å². The van der Waals surface area contributed by atoms with Crippen LogP contribution in [0.25, 0.3) is 0 Å². The van der Waals surface area contributed by atoms with Crippen LogP contribution in [0.4, 0.5) is 5.69 Å². The van der Waals surface area contributed by atoms with Gasteiger partial charge in [-0.05, 0) is 62.4 Å². The first-order chi connectivity index (χ1) is 14.9. The van der Waals surface area contributed by atoms with E-state index in [0.717, 1.165) is 0 Å². The molecule has 2 N–H and O–H groups in total. The zero-order chi connectivity index (χ0) is 22.3. The van der Waals surface area contributed by atoms with Crippen molar-refractivity contribution < 1.29 is 27.1 Å². The highest BCUT2D eigenvalue weighted by atomic mass is 32.2. The van der Waals surface area contributed by atoms with Crippen molar-refractivity contribution in [1.82, 2.24) is 4.72 Å². The van der Waals surface area contributed by atoms with Crippen molar-refractivity contribution in [2.75, 3.05) is 18.5 Å². The van der Waals surface area contributed by atoms with Crippen molar-refractivity contribution in [1.29, 1.82) is 0 Å². The Bertz CT molecular complexity index is 1110. The molecule has 0 unspecified atom stereocenters. The molecule has 1 amide bonds. The molecule has 31 heavy (non-hydrogen) atoms. The lowest BCUT2D eigenvalue weighted by atomic mass is 10.2. The molecule has 0 aliphatic heterocycles. The average molecular weight is 445 g/mol. The Hall–Kier alpha value is -3.30. The molecule has 0 radical (unpaired) electrons. The Morgan fingerprint density at radius 2 is 1.74 bits per heavy atom. The largest absolute Gasteiger partial charge is 0.494 e. The Kier molecular flexibility index (Phi) is 7.32. The first-order valence-electron chi connectivity index (χ1n) is 9.76. The van der Waals surface area contributed by atoms with Gasteiger partial charge in [-0.1, -0.05) is 0 Å². The molecule has 0 saturated carbocycles. The number of hydrogen-bond acceptors (Lipinski definition) is 6. The maximum absolute atomic E-state index is 12.7. The number of ether oxygens (including phenoxy) is 2. The van der Waals surface area contributed by atoms with Crippen LogP contribution in [-0.4, -0.2) is 27.5 Å². The lowest BCUT2D eigenvalue weighted by molar-refractivity contribution is 0.102. The summed E-state index contributed by atoms with van der Waals surface area (Å²) in [6.07, 6.45) is 1.47. The van der Waals surface area contributed by atoms with E-state index in [1.165, 1.54) is 30.5 Å². The summed E-state index contributed by atoms with van der Waals surface area (Å²) < 4.78 is 43.5. The molecule has 3 rings (SSSR count). The monoisotopic (exact) mass is 444 g/mol. The molecule has 2 aromatic carbocycles. The Morgan fingerprint density at radius 1 is 1.00 bits per heavy atom. The highest BCUT2D eigenvalue weighted by Gasteiger charge is 2.16. The summed E-state index contributed by atoms with van der Waals surface area (Å²) in [6, 6.07) is 14.2. The fourth-order valence-electron chi connectivity index (χ4n) is 2.79. The topological polar surface area (TPSA) is 107 Å². The number of furan rings is 1. The Labute approximate surface area is 181 Å². The normalized spacial score (nSPS) is 11.2. The fraction of sp³-hybridized carbons (Fsp3) is 0.227. The summed E-state index contributed by atoms with van der Waals surface area (Å²) in [5.74, 6) is 1.21. The van der Waals surface area contributed by atoms with Crippen LogP contribution in [-0.2, 0) is 16.6 Å². The van der Waals surface area contributed by atoms with E-state index in [2.05, 4.69) is 10.0 Å². The van der Waals surface area contributed by atoms with Gasteiger partial charge < -0.3 is 19.2 Å². The lowest BCUT2D eigenvalue weighted by Gasteiger charge is -2.14. The van der Waals surface area contributed by atoms with Gasteiger partial charge in [0.05, 0.1) is 36.6 Å². The highest BCUT2D eigenvalue weighted by molar-refractivity contribution is 7.89. The quantitative estimate of drug-likeness (QED) is 0.492. The van der Waals surface area contributed by atoms with Gasteiger partial charge >= 0.3 is 0 Å². The van der Waals surface area contributed by atoms with Crippen LogP contribution in [0.5, 0.6) is 11.5 Å². The first kappa shape index (κ1) is 22.4. The van der Waals surface area contributed by atoms with E-state index < -0.39 is 15.9 Å². The van der Waals surface area contributed by atoms with E-state index >= 15 is 0 Å². The minimum atomic E-state index is -3.74. The molecular formula is C22H24N2O6S. The molecule has 164 valence electrons. The van der Waals surface area contributed by atoms with Crippen molar-refractivity contribution in [3.05, 3.63) is 72.2 Å². The van der Waals surface area contributed by atoms with Crippen molar-refractivity contribution in [3.8, 4) is 11.5 Å². The minimum Gasteiger partial charge on any atom is -0.494 e. The number of anilines is 1. The molecule has 0 bridgehead atoms. The molecule has 1 heterocycles. The van der Waals surface area contributed by atoms with E-state index in [0.29, 0.717) is 41.7 Å². The maximum atomic E-state index is 12.7. The van der Waals surface area contributed by atoms with Crippen LogP contribution >= 0.6 is 0 Å². The van der Waals surface area contributed by atoms with E-state index in [-0.39, 0.29) is 11.4 Å². The van der Waals surface area contributed by atoms with Gasteiger partial charge in [-0.2, -0.15) is 0 Å². The first-order valence-corrected chi connectivity index (χ1v) is 11.2. The van der Waals surface area contributed by atoms with Crippen molar-refractivity contribution in [3.63, 3.8) is 0 Å². The second-order valence-electron chi connectivity index (χ2n) is 6.41. The van der Waals surface area contributed by atoms with E-state index in [9.17, 15) is 13.2 Å². The van der Waals surface area contributed by atoms with E-state index in [1.807, 2.05) is 13.8 Å². The summed E-state index contributed by atoms with van der Waals surface area (Å²) in [7, 11) is -3.74. The lowest BCUT2D eigenvalue weighted by Crippen LogP contribution is -2.23. The van der Waals surface area contributed by atoms with Crippen LogP contribution in [0.2, 0.25) is 0 Å². The molecule has 3 aromatic rings. The van der Waals surface area contributed by atoms with Crippen molar-refractivity contribution in [2.45, 2.75) is 25.3 Å². The molecule has 0 saturated heterocycles. The number of amides is 1. The van der Waals surface area contributed by atoms with Crippen molar-refractivity contribution >= 4 is 21.6 Å². The number of rotatable bonds is 10. The van der Waals surface area contributed by atoms with E-state index in [1.54, 1.807) is 30.3 Å². The van der Waals surface area contributed by atoms with Crippen molar-refractivity contribution in [2.24, 2.45) is 0 Å². The standard InChI is InChI=1S/C22H24N2O6S/c1-3-28-17-9-12-21(29-4-2)20(14-17)24-22(25)16-7-10-19(11-8-16)31(26,27)23-15-18-6-5-13-30-18/h5-14,23H,3-4,15H2,1-2H3,(H,24,25). The van der Waals surface area contributed by atoms with Gasteiger partial charge in [0.15, 0.2) is 0 Å². The van der Waals surface area contributed by atoms with Crippen LogP contribution in [0.15, 0.2) is 70.2 Å². The van der Waals surface area contributed by atoms with Crippen LogP contribution < -0.4 is 19.5 Å². The van der Waals surface area contributed by atoms with Crippen LogP contribution in [0.1, 0.15) is 30.0 Å².